The molecular weight excluding hydrogens is 286 g/mol. The lowest BCUT2D eigenvalue weighted by molar-refractivity contribution is -0.117. The molecule has 6 heteroatoms. The van der Waals surface area contributed by atoms with Gasteiger partial charge >= 0.3 is 0 Å². The number of hydrogen-bond acceptors (Lipinski definition) is 5. The molecule has 1 aromatic heterocycles. The van der Waals surface area contributed by atoms with Gasteiger partial charge in [-0.1, -0.05) is 24.2 Å². The van der Waals surface area contributed by atoms with E-state index in [9.17, 15) is 9.59 Å². The Balaban J connectivity index is 1.58. The number of carbonyl (C=O) groups is 2. The third kappa shape index (κ3) is 3.68. The topological polar surface area (TPSA) is 62.3 Å². The van der Waals surface area contributed by atoms with Crippen LogP contribution >= 0.6 is 11.3 Å². The molecule has 2 aliphatic rings. The summed E-state index contributed by atoms with van der Waals surface area (Å²) in [6.07, 6.45) is 7.20. The fourth-order valence-electron chi connectivity index (χ4n) is 2.98. The number of rotatable bonds is 3. The minimum absolute atomic E-state index is 0.0181. The summed E-state index contributed by atoms with van der Waals surface area (Å²) in [4.78, 5) is 31.3. The van der Waals surface area contributed by atoms with Gasteiger partial charge in [0.05, 0.1) is 17.1 Å². The molecule has 1 aliphatic heterocycles. The Bertz CT molecular complexity index is 533. The first-order valence-corrected chi connectivity index (χ1v) is 8.59. The molecule has 0 unspecified atom stereocenters. The molecule has 1 aliphatic carbocycles. The van der Waals surface area contributed by atoms with Gasteiger partial charge < -0.3 is 5.32 Å². The molecule has 1 aromatic rings. The van der Waals surface area contributed by atoms with Crippen LogP contribution in [0.2, 0.25) is 0 Å². The normalized spacial score (nSPS) is 19.9. The van der Waals surface area contributed by atoms with Crippen molar-refractivity contribution in [1.82, 2.24) is 9.88 Å². The SMILES string of the molecule is O=C(CN1CCCCCC1)Nc1nc2c(s1)C(=O)CCC2. The molecule has 0 aromatic carbocycles. The molecule has 1 fully saturated rings. The zero-order chi connectivity index (χ0) is 14.7. The monoisotopic (exact) mass is 307 g/mol. The van der Waals surface area contributed by atoms with Gasteiger partial charge in [0.25, 0.3) is 0 Å². The number of carbonyl (C=O) groups excluding carboxylic acids is 2. The first-order chi connectivity index (χ1) is 10.2. The zero-order valence-electron chi connectivity index (χ0n) is 12.2. The minimum Gasteiger partial charge on any atom is -0.301 e. The summed E-state index contributed by atoms with van der Waals surface area (Å²) >= 11 is 1.33. The number of aromatic nitrogens is 1. The van der Waals surface area contributed by atoms with Crippen molar-refractivity contribution in [3.63, 3.8) is 0 Å². The lowest BCUT2D eigenvalue weighted by atomic mass is 10.0. The fraction of sp³-hybridized carbons (Fsp3) is 0.667. The maximum atomic E-state index is 12.1. The maximum absolute atomic E-state index is 12.1. The first kappa shape index (κ1) is 14.7. The van der Waals surface area contributed by atoms with Gasteiger partial charge in [0.15, 0.2) is 10.9 Å². The second-order valence-electron chi connectivity index (χ2n) is 5.81. The lowest BCUT2D eigenvalue weighted by Crippen LogP contribution is -2.33. The third-order valence-electron chi connectivity index (χ3n) is 4.08. The third-order valence-corrected chi connectivity index (χ3v) is 5.13. The van der Waals surface area contributed by atoms with E-state index in [2.05, 4.69) is 15.2 Å². The van der Waals surface area contributed by atoms with E-state index in [1.807, 2.05) is 0 Å². The fourth-order valence-corrected chi connectivity index (χ4v) is 3.97. The van der Waals surface area contributed by atoms with Crippen LogP contribution in [0.3, 0.4) is 0 Å². The van der Waals surface area contributed by atoms with E-state index < -0.39 is 0 Å². The van der Waals surface area contributed by atoms with Gasteiger partial charge in [-0.2, -0.15) is 0 Å². The number of fused-ring (bicyclic) bond motifs is 1. The van der Waals surface area contributed by atoms with E-state index in [-0.39, 0.29) is 11.7 Å². The largest absolute Gasteiger partial charge is 0.301 e. The van der Waals surface area contributed by atoms with Gasteiger partial charge in [-0.25, -0.2) is 4.98 Å². The van der Waals surface area contributed by atoms with Crippen LogP contribution in [0.1, 0.15) is 53.9 Å². The highest BCUT2D eigenvalue weighted by molar-refractivity contribution is 7.17. The maximum Gasteiger partial charge on any atom is 0.240 e. The Hall–Kier alpha value is -1.27. The van der Waals surface area contributed by atoms with Crippen LogP contribution in [0.4, 0.5) is 5.13 Å². The molecule has 5 nitrogen and oxygen atoms in total. The number of aryl methyl sites for hydroxylation is 1. The Morgan fingerprint density at radius 1 is 1.14 bits per heavy atom. The van der Waals surface area contributed by atoms with Gasteiger partial charge in [-0.05, 0) is 38.8 Å². The molecule has 0 radical (unpaired) electrons. The van der Waals surface area contributed by atoms with E-state index in [1.54, 1.807) is 0 Å². The molecule has 0 atom stereocenters. The van der Waals surface area contributed by atoms with Crippen LogP contribution in [0.15, 0.2) is 0 Å². The quantitative estimate of drug-likeness (QED) is 0.932. The van der Waals surface area contributed by atoms with Crippen molar-refractivity contribution in [3.8, 4) is 0 Å². The van der Waals surface area contributed by atoms with Gasteiger partial charge in [-0.3, -0.25) is 14.5 Å². The minimum atomic E-state index is -0.0181. The lowest BCUT2D eigenvalue weighted by Gasteiger charge is -2.18. The number of amides is 1. The second-order valence-corrected chi connectivity index (χ2v) is 6.81. The van der Waals surface area contributed by atoms with Crippen molar-refractivity contribution < 1.29 is 9.59 Å². The van der Waals surface area contributed by atoms with E-state index in [4.69, 9.17) is 0 Å². The van der Waals surface area contributed by atoms with Crippen LogP contribution in [-0.4, -0.2) is 41.2 Å². The van der Waals surface area contributed by atoms with Crippen molar-refractivity contribution in [2.24, 2.45) is 0 Å². The summed E-state index contributed by atoms with van der Waals surface area (Å²) in [5.41, 5.74) is 0.862. The molecule has 0 bridgehead atoms. The van der Waals surface area contributed by atoms with E-state index in [0.717, 1.165) is 36.5 Å². The van der Waals surface area contributed by atoms with Gasteiger partial charge in [-0.15, -0.1) is 0 Å². The molecule has 21 heavy (non-hydrogen) atoms. The number of anilines is 1. The van der Waals surface area contributed by atoms with Gasteiger partial charge in [0, 0.05) is 6.42 Å². The van der Waals surface area contributed by atoms with Crippen LogP contribution in [-0.2, 0) is 11.2 Å². The Morgan fingerprint density at radius 2 is 1.90 bits per heavy atom. The van der Waals surface area contributed by atoms with Crippen molar-refractivity contribution >= 4 is 28.2 Å². The molecule has 2 heterocycles. The van der Waals surface area contributed by atoms with Gasteiger partial charge in [0.1, 0.15) is 0 Å². The van der Waals surface area contributed by atoms with Crippen LogP contribution in [0, 0.1) is 0 Å². The smallest absolute Gasteiger partial charge is 0.240 e. The molecule has 0 spiro atoms. The number of hydrogen-bond donors (Lipinski definition) is 1. The molecule has 0 saturated carbocycles. The number of ketones is 1. The molecule has 1 N–H and O–H groups in total. The Morgan fingerprint density at radius 3 is 2.62 bits per heavy atom. The second kappa shape index (κ2) is 6.66. The predicted molar refractivity (Wildman–Crippen MR) is 82.9 cm³/mol. The summed E-state index contributed by atoms with van der Waals surface area (Å²) < 4.78 is 0. The highest BCUT2D eigenvalue weighted by Crippen LogP contribution is 2.29. The predicted octanol–water partition coefficient (Wildman–Crippen LogP) is 2.48. The van der Waals surface area contributed by atoms with E-state index in [0.29, 0.717) is 18.1 Å². The highest BCUT2D eigenvalue weighted by atomic mass is 32.1. The summed E-state index contributed by atoms with van der Waals surface area (Å²) in [6.45, 7) is 2.43. The molecule has 1 amide bonds. The van der Waals surface area contributed by atoms with Crippen molar-refractivity contribution in [1.29, 1.82) is 0 Å². The van der Waals surface area contributed by atoms with E-state index in [1.165, 1.54) is 37.0 Å². The molecule has 3 rings (SSSR count). The molecular formula is C15H21N3O2S. The van der Waals surface area contributed by atoms with E-state index >= 15 is 0 Å². The van der Waals surface area contributed by atoms with Crippen LogP contribution < -0.4 is 5.32 Å². The number of likely N-dealkylation sites (tertiary alicyclic amines) is 1. The highest BCUT2D eigenvalue weighted by Gasteiger charge is 2.23. The van der Waals surface area contributed by atoms with Crippen LogP contribution in [0.5, 0.6) is 0 Å². The van der Waals surface area contributed by atoms with Gasteiger partial charge in [0.2, 0.25) is 5.91 Å². The Kier molecular flexibility index (Phi) is 4.65. The number of Topliss-reactive ketones (excluding diaryl/α,β-unsaturated/α-hetero) is 1. The molecule has 114 valence electrons. The standard InChI is InChI=1S/C15H21N3O2S/c19-12-7-5-6-11-14(12)21-15(16-11)17-13(20)10-18-8-3-1-2-4-9-18/h1-10H2,(H,16,17,20). The average Bonchev–Trinajstić information content (AvgIpc) is 2.69. The number of thiazole rings is 1. The summed E-state index contributed by atoms with van der Waals surface area (Å²) in [5, 5.41) is 3.44. The van der Waals surface area contributed by atoms with Crippen LogP contribution in [0.25, 0.3) is 0 Å². The summed E-state index contributed by atoms with van der Waals surface area (Å²) in [7, 11) is 0. The number of nitrogens with zero attached hydrogens (tertiary/aromatic N) is 2. The van der Waals surface area contributed by atoms with Crippen molar-refractivity contribution in [2.45, 2.75) is 44.9 Å². The Labute approximate surface area is 128 Å². The first-order valence-electron chi connectivity index (χ1n) is 7.77. The average molecular weight is 307 g/mol. The van der Waals surface area contributed by atoms with Crippen molar-refractivity contribution in [2.75, 3.05) is 25.0 Å². The zero-order valence-corrected chi connectivity index (χ0v) is 13.0. The van der Waals surface area contributed by atoms with Crippen molar-refractivity contribution in [3.05, 3.63) is 10.6 Å². The molecule has 1 saturated heterocycles. The summed E-state index contributed by atoms with van der Waals surface area (Å²) in [6, 6.07) is 0. The summed E-state index contributed by atoms with van der Waals surface area (Å²) in [5.74, 6) is 0.150. The number of nitrogens with one attached hydrogen (secondary N) is 1.